The zero-order chi connectivity index (χ0) is 17.1. The molecule has 0 amide bonds. The Bertz CT molecular complexity index is 677. The Hall–Kier alpha value is -1.83. The molecule has 1 saturated heterocycles. The van der Waals surface area contributed by atoms with Gasteiger partial charge in [-0.25, -0.2) is 4.79 Å². The molecule has 1 aromatic rings. The van der Waals surface area contributed by atoms with Crippen molar-refractivity contribution in [3.63, 3.8) is 0 Å². The minimum atomic E-state index is -1.56. The van der Waals surface area contributed by atoms with Gasteiger partial charge in [-0.15, -0.1) is 0 Å². The van der Waals surface area contributed by atoms with E-state index in [9.17, 15) is 24.9 Å². The molecule has 128 valence electrons. The maximum absolute atomic E-state index is 11.5. The van der Waals surface area contributed by atoms with Crippen LogP contribution in [0.4, 0.5) is 5.69 Å². The molecule has 0 bridgehead atoms. The van der Waals surface area contributed by atoms with Gasteiger partial charge in [0.1, 0.15) is 30.0 Å². The van der Waals surface area contributed by atoms with Gasteiger partial charge in [-0.1, -0.05) is 0 Å². The minimum Gasteiger partial charge on any atom is -0.394 e. The Balaban J connectivity index is 2.04. The standard InChI is InChI=1S/C11H16N4O7S/c16-2-4-6(17)7(18)5(9(20)22-4)14-11(23)13-3-1-12-10(21)15-8(3)19/h1,4-7,9,16-18,20H,2H2,(H2,13,14,23)(H2,12,15,19,21)/t4-,5+,6-,7-,9-/m0/s1. The summed E-state index contributed by atoms with van der Waals surface area (Å²) in [7, 11) is 0. The highest BCUT2D eigenvalue weighted by Gasteiger charge is 2.43. The Morgan fingerprint density at radius 2 is 2.00 bits per heavy atom. The third-order valence-electron chi connectivity index (χ3n) is 3.27. The maximum Gasteiger partial charge on any atom is 0.325 e. The van der Waals surface area contributed by atoms with Crippen LogP contribution in [-0.4, -0.2) is 72.8 Å². The van der Waals surface area contributed by atoms with Crippen LogP contribution in [0, 0.1) is 0 Å². The Morgan fingerprint density at radius 3 is 2.61 bits per heavy atom. The number of nitrogens with one attached hydrogen (secondary N) is 4. The van der Waals surface area contributed by atoms with Crippen LogP contribution in [0.1, 0.15) is 0 Å². The van der Waals surface area contributed by atoms with Gasteiger partial charge in [0.2, 0.25) is 0 Å². The van der Waals surface area contributed by atoms with Crippen molar-refractivity contribution in [3.8, 4) is 0 Å². The molecule has 0 saturated carbocycles. The number of aliphatic hydroxyl groups is 4. The molecule has 1 fully saturated rings. The molecule has 0 aromatic carbocycles. The molecule has 1 aliphatic rings. The van der Waals surface area contributed by atoms with Crippen molar-refractivity contribution >= 4 is 23.0 Å². The van der Waals surface area contributed by atoms with Crippen LogP contribution >= 0.6 is 12.2 Å². The largest absolute Gasteiger partial charge is 0.394 e. The molecule has 8 N–H and O–H groups in total. The topological polar surface area (TPSA) is 180 Å². The van der Waals surface area contributed by atoms with Crippen molar-refractivity contribution in [1.82, 2.24) is 15.3 Å². The molecule has 11 nitrogen and oxygen atoms in total. The molecule has 0 radical (unpaired) electrons. The van der Waals surface area contributed by atoms with Gasteiger partial charge in [-0.2, -0.15) is 0 Å². The van der Waals surface area contributed by atoms with Crippen LogP contribution in [0.3, 0.4) is 0 Å². The number of aliphatic hydroxyl groups excluding tert-OH is 4. The summed E-state index contributed by atoms with van der Waals surface area (Å²) in [6.07, 6.45) is -4.53. The number of aromatic nitrogens is 2. The molecule has 2 rings (SSSR count). The van der Waals surface area contributed by atoms with E-state index in [0.29, 0.717) is 0 Å². The van der Waals surface area contributed by atoms with Crippen molar-refractivity contribution in [1.29, 1.82) is 0 Å². The van der Waals surface area contributed by atoms with Gasteiger partial charge in [-0.3, -0.25) is 9.78 Å². The quantitative estimate of drug-likeness (QED) is 0.252. The van der Waals surface area contributed by atoms with Gasteiger partial charge < -0.3 is 40.8 Å². The zero-order valence-corrected chi connectivity index (χ0v) is 12.4. The molecule has 23 heavy (non-hydrogen) atoms. The average Bonchev–Trinajstić information content (AvgIpc) is 2.50. The molecule has 1 aromatic heterocycles. The second-order valence-corrected chi connectivity index (χ2v) is 5.25. The van der Waals surface area contributed by atoms with Crippen LogP contribution in [0.25, 0.3) is 0 Å². The van der Waals surface area contributed by atoms with Gasteiger partial charge in [0.25, 0.3) is 5.56 Å². The lowest BCUT2D eigenvalue weighted by molar-refractivity contribution is -0.251. The summed E-state index contributed by atoms with van der Waals surface area (Å²) in [5.74, 6) is 0. The summed E-state index contributed by atoms with van der Waals surface area (Å²) >= 11 is 4.94. The molecular formula is C11H16N4O7S. The molecule has 2 heterocycles. The summed E-state index contributed by atoms with van der Waals surface area (Å²) in [6.45, 7) is -0.586. The third-order valence-corrected chi connectivity index (χ3v) is 3.49. The molecule has 0 unspecified atom stereocenters. The first-order valence-electron chi connectivity index (χ1n) is 6.53. The van der Waals surface area contributed by atoms with Crippen molar-refractivity contribution in [2.45, 2.75) is 30.6 Å². The Kier molecular flexibility index (Phi) is 5.46. The van der Waals surface area contributed by atoms with E-state index in [-0.39, 0.29) is 10.8 Å². The zero-order valence-electron chi connectivity index (χ0n) is 11.6. The molecule has 5 atom stereocenters. The summed E-state index contributed by atoms with van der Waals surface area (Å²) in [6, 6.07) is -1.20. The first-order chi connectivity index (χ1) is 10.8. The van der Waals surface area contributed by atoms with E-state index in [1.165, 1.54) is 0 Å². The van der Waals surface area contributed by atoms with Gasteiger partial charge in [0.15, 0.2) is 11.4 Å². The number of aromatic amines is 2. The molecule has 12 heteroatoms. The first-order valence-corrected chi connectivity index (χ1v) is 6.94. The van der Waals surface area contributed by atoms with Gasteiger partial charge in [0, 0.05) is 6.20 Å². The highest BCUT2D eigenvalue weighted by Crippen LogP contribution is 2.19. The predicted octanol–water partition coefficient (Wildman–Crippen LogP) is -3.85. The fourth-order valence-corrected chi connectivity index (χ4v) is 2.31. The van der Waals surface area contributed by atoms with Gasteiger partial charge in [-0.05, 0) is 12.2 Å². The highest BCUT2D eigenvalue weighted by molar-refractivity contribution is 7.80. The van der Waals surface area contributed by atoms with Crippen molar-refractivity contribution in [3.05, 3.63) is 27.0 Å². The number of rotatable bonds is 3. The fraction of sp³-hybridized carbons (Fsp3) is 0.545. The van der Waals surface area contributed by atoms with Gasteiger partial charge >= 0.3 is 5.69 Å². The van der Waals surface area contributed by atoms with Crippen LogP contribution in [0.2, 0.25) is 0 Å². The van der Waals surface area contributed by atoms with Crippen molar-refractivity contribution in [2.75, 3.05) is 11.9 Å². The third kappa shape index (κ3) is 3.93. The number of thiocarbonyl (C=S) groups is 1. The number of anilines is 1. The fourth-order valence-electron chi connectivity index (χ4n) is 2.07. The second-order valence-electron chi connectivity index (χ2n) is 4.84. The second kappa shape index (κ2) is 7.16. The number of hydrogen-bond acceptors (Lipinski definition) is 8. The summed E-state index contributed by atoms with van der Waals surface area (Å²) in [4.78, 5) is 26.6. The van der Waals surface area contributed by atoms with E-state index in [4.69, 9.17) is 22.1 Å². The smallest absolute Gasteiger partial charge is 0.325 e. The van der Waals surface area contributed by atoms with E-state index < -0.39 is 48.5 Å². The van der Waals surface area contributed by atoms with Gasteiger partial charge in [0.05, 0.1) is 6.61 Å². The lowest BCUT2D eigenvalue weighted by Gasteiger charge is -2.40. The van der Waals surface area contributed by atoms with E-state index in [1.807, 2.05) is 4.98 Å². The number of H-pyrrole nitrogens is 2. The molecular weight excluding hydrogens is 332 g/mol. The van der Waals surface area contributed by atoms with Crippen LogP contribution in [-0.2, 0) is 4.74 Å². The summed E-state index contributed by atoms with van der Waals surface area (Å²) < 4.78 is 4.95. The van der Waals surface area contributed by atoms with E-state index in [0.717, 1.165) is 6.20 Å². The summed E-state index contributed by atoms with van der Waals surface area (Å²) in [5, 5.41) is 43.3. The first kappa shape index (κ1) is 17.5. The monoisotopic (exact) mass is 348 g/mol. The van der Waals surface area contributed by atoms with Crippen LogP contribution in [0.5, 0.6) is 0 Å². The van der Waals surface area contributed by atoms with E-state index in [1.54, 1.807) is 0 Å². The van der Waals surface area contributed by atoms with Crippen molar-refractivity contribution in [2.24, 2.45) is 0 Å². The molecule has 0 spiro atoms. The van der Waals surface area contributed by atoms with E-state index in [2.05, 4.69) is 15.6 Å². The molecule has 1 aliphatic heterocycles. The normalized spacial score (nSPS) is 30.7. The number of ether oxygens (including phenoxy) is 1. The maximum atomic E-state index is 11.5. The Labute approximate surface area is 133 Å². The minimum absolute atomic E-state index is 0.0726. The lowest BCUT2D eigenvalue weighted by atomic mass is 9.97. The molecule has 0 aliphatic carbocycles. The SMILES string of the molecule is O=c1[nH]cc(NC(=S)N[C@@H]2[C@H](O)[C@@H](O)[C@H](CO)O[C@@H]2O)c(=O)[nH]1. The number of hydrogen-bond donors (Lipinski definition) is 8. The highest BCUT2D eigenvalue weighted by atomic mass is 32.1. The van der Waals surface area contributed by atoms with Crippen LogP contribution < -0.4 is 21.9 Å². The lowest BCUT2D eigenvalue weighted by Crippen LogP contribution is -2.64. The van der Waals surface area contributed by atoms with E-state index >= 15 is 0 Å². The average molecular weight is 348 g/mol. The Morgan fingerprint density at radius 1 is 1.30 bits per heavy atom. The van der Waals surface area contributed by atoms with Crippen molar-refractivity contribution < 1.29 is 25.2 Å². The summed E-state index contributed by atoms with van der Waals surface area (Å²) in [5.41, 5.74) is -1.49. The predicted molar refractivity (Wildman–Crippen MR) is 80.8 cm³/mol. The van der Waals surface area contributed by atoms with Crippen LogP contribution in [0.15, 0.2) is 15.8 Å².